The van der Waals surface area contributed by atoms with E-state index in [0.717, 1.165) is 22.3 Å². The quantitative estimate of drug-likeness (QED) is 0.697. The normalized spacial score (nSPS) is 9.81. The summed E-state index contributed by atoms with van der Waals surface area (Å²) < 4.78 is 0. The Bertz CT molecular complexity index is 562. The van der Waals surface area contributed by atoms with E-state index < -0.39 is 0 Å². The molecule has 0 saturated carbocycles. The molecule has 0 fully saturated rings. The average Bonchev–Trinajstić information content (AvgIpc) is 2.30. The van der Waals surface area contributed by atoms with Crippen LogP contribution < -0.4 is 0 Å². The molecule has 2 rings (SSSR count). The summed E-state index contributed by atoms with van der Waals surface area (Å²) in [7, 11) is 0. The molecule has 0 aliphatic carbocycles. The van der Waals surface area contributed by atoms with E-state index in [0.29, 0.717) is 0 Å². The second-order valence-corrected chi connectivity index (χ2v) is 3.92. The van der Waals surface area contributed by atoms with E-state index in [9.17, 15) is 0 Å². The maximum Gasteiger partial charge on any atom is 0.0998 e. The maximum atomic E-state index is 9.15. The van der Waals surface area contributed by atoms with Gasteiger partial charge in [0.25, 0.3) is 0 Å². The Morgan fingerprint density at radius 2 is 1.56 bits per heavy atom. The van der Waals surface area contributed by atoms with Crippen LogP contribution in [-0.2, 0) is 0 Å². The van der Waals surface area contributed by atoms with E-state index in [4.69, 9.17) is 5.26 Å². The molecule has 0 spiro atoms. The Kier molecular flexibility index (Phi) is 2.74. The van der Waals surface area contributed by atoms with Gasteiger partial charge in [-0.15, -0.1) is 0 Å². The second kappa shape index (κ2) is 4.20. The SMILES string of the molecule is Cc1ccccc1-c1c(C)cccc1C#N. The number of aryl methyl sites for hydroxylation is 2. The highest BCUT2D eigenvalue weighted by atomic mass is 14.3. The molecule has 1 heteroatoms. The number of hydrogen-bond acceptors (Lipinski definition) is 1. The third kappa shape index (κ3) is 1.70. The lowest BCUT2D eigenvalue weighted by atomic mass is 9.93. The number of nitriles is 1. The van der Waals surface area contributed by atoms with Crippen LogP contribution in [0.3, 0.4) is 0 Å². The molecule has 2 aromatic rings. The summed E-state index contributed by atoms with van der Waals surface area (Å²) >= 11 is 0. The predicted molar refractivity (Wildman–Crippen MR) is 66.1 cm³/mol. The van der Waals surface area contributed by atoms with E-state index in [1.807, 2.05) is 37.3 Å². The van der Waals surface area contributed by atoms with Crippen molar-refractivity contribution in [3.05, 3.63) is 59.2 Å². The first-order valence-electron chi connectivity index (χ1n) is 5.29. The highest BCUT2D eigenvalue weighted by Gasteiger charge is 2.09. The van der Waals surface area contributed by atoms with Gasteiger partial charge in [0.05, 0.1) is 11.6 Å². The second-order valence-electron chi connectivity index (χ2n) is 3.92. The summed E-state index contributed by atoms with van der Waals surface area (Å²) in [4.78, 5) is 0. The van der Waals surface area contributed by atoms with Gasteiger partial charge < -0.3 is 0 Å². The van der Waals surface area contributed by atoms with Gasteiger partial charge in [-0.2, -0.15) is 5.26 Å². The van der Waals surface area contributed by atoms with Crippen molar-refractivity contribution in [2.24, 2.45) is 0 Å². The van der Waals surface area contributed by atoms with E-state index in [1.165, 1.54) is 5.56 Å². The van der Waals surface area contributed by atoms with E-state index in [2.05, 4.69) is 25.1 Å². The van der Waals surface area contributed by atoms with Crippen LogP contribution in [-0.4, -0.2) is 0 Å². The molecule has 0 amide bonds. The molecular formula is C15H13N. The zero-order valence-electron chi connectivity index (χ0n) is 9.49. The smallest absolute Gasteiger partial charge is 0.0998 e. The number of rotatable bonds is 1. The average molecular weight is 207 g/mol. The van der Waals surface area contributed by atoms with E-state index in [1.54, 1.807) is 0 Å². The molecule has 2 aromatic carbocycles. The first kappa shape index (κ1) is 10.4. The topological polar surface area (TPSA) is 23.8 Å². The van der Waals surface area contributed by atoms with Gasteiger partial charge in [-0.1, -0.05) is 36.4 Å². The minimum Gasteiger partial charge on any atom is -0.192 e. The van der Waals surface area contributed by atoms with E-state index in [-0.39, 0.29) is 0 Å². The molecule has 16 heavy (non-hydrogen) atoms. The maximum absolute atomic E-state index is 9.15. The number of hydrogen-bond donors (Lipinski definition) is 0. The van der Waals surface area contributed by atoms with Gasteiger partial charge in [-0.05, 0) is 36.6 Å². The van der Waals surface area contributed by atoms with Gasteiger partial charge in [0.2, 0.25) is 0 Å². The summed E-state index contributed by atoms with van der Waals surface area (Å²) in [6.45, 7) is 4.12. The van der Waals surface area contributed by atoms with Crippen molar-refractivity contribution in [2.75, 3.05) is 0 Å². The summed E-state index contributed by atoms with van der Waals surface area (Å²) in [5, 5.41) is 9.15. The van der Waals surface area contributed by atoms with Crippen LogP contribution in [0, 0.1) is 25.2 Å². The van der Waals surface area contributed by atoms with E-state index >= 15 is 0 Å². The van der Waals surface area contributed by atoms with Crippen LogP contribution in [0.2, 0.25) is 0 Å². The zero-order valence-corrected chi connectivity index (χ0v) is 9.49. The van der Waals surface area contributed by atoms with Crippen molar-refractivity contribution in [2.45, 2.75) is 13.8 Å². The molecule has 0 unspecified atom stereocenters. The molecule has 0 atom stereocenters. The molecule has 0 N–H and O–H groups in total. The van der Waals surface area contributed by atoms with Crippen LogP contribution in [0.1, 0.15) is 16.7 Å². The molecular weight excluding hydrogens is 194 g/mol. The van der Waals surface area contributed by atoms with Crippen LogP contribution in [0.4, 0.5) is 0 Å². The van der Waals surface area contributed by atoms with Gasteiger partial charge in [0.15, 0.2) is 0 Å². The third-order valence-electron chi connectivity index (χ3n) is 2.81. The van der Waals surface area contributed by atoms with Crippen molar-refractivity contribution in [3.63, 3.8) is 0 Å². The standard InChI is InChI=1S/C15H13N/c1-11-6-3-4-9-14(11)15-12(2)7-5-8-13(15)10-16/h3-9H,1-2H3. The largest absolute Gasteiger partial charge is 0.192 e. The monoisotopic (exact) mass is 207 g/mol. The molecule has 78 valence electrons. The summed E-state index contributed by atoms with van der Waals surface area (Å²) in [5.41, 5.74) is 5.30. The molecule has 0 aliphatic heterocycles. The molecule has 1 nitrogen and oxygen atoms in total. The highest BCUT2D eigenvalue weighted by molar-refractivity contribution is 5.76. The first-order chi connectivity index (χ1) is 7.74. The Hall–Kier alpha value is -2.07. The van der Waals surface area contributed by atoms with Gasteiger partial charge in [0, 0.05) is 5.56 Å². The lowest BCUT2D eigenvalue weighted by Gasteiger charge is -2.10. The first-order valence-corrected chi connectivity index (χ1v) is 5.29. The summed E-state index contributed by atoms with van der Waals surface area (Å²) in [6.07, 6.45) is 0. The zero-order chi connectivity index (χ0) is 11.5. The van der Waals surface area contributed by atoms with Crippen molar-refractivity contribution >= 4 is 0 Å². The van der Waals surface area contributed by atoms with Gasteiger partial charge in [0.1, 0.15) is 0 Å². The third-order valence-corrected chi connectivity index (χ3v) is 2.81. The molecule has 0 aromatic heterocycles. The van der Waals surface area contributed by atoms with Crippen LogP contribution in [0.25, 0.3) is 11.1 Å². The van der Waals surface area contributed by atoms with Crippen molar-refractivity contribution in [3.8, 4) is 17.2 Å². The molecule has 0 radical (unpaired) electrons. The van der Waals surface area contributed by atoms with Gasteiger partial charge in [-0.3, -0.25) is 0 Å². The van der Waals surface area contributed by atoms with Gasteiger partial charge in [-0.25, -0.2) is 0 Å². The lowest BCUT2D eigenvalue weighted by Crippen LogP contribution is -1.90. The Balaban J connectivity index is 2.75. The number of nitrogens with zero attached hydrogens (tertiary/aromatic N) is 1. The molecule has 0 bridgehead atoms. The Morgan fingerprint density at radius 1 is 0.875 bits per heavy atom. The van der Waals surface area contributed by atoms with Gasteiger partial charge >= 0.3 is 0 Å². The fourth-order valence-electron chi connectivity index (χ4n) is 1.97. The Morgan fingerprint density at radius 3 is 2.25 bits per heavy atom. The highest BCUT2D eigenvalue weighted by Crippen LogP contribution is 2.29. The van der Waals surface area contributed by atoms with Crippen LogP contribution >= 0.6 is 0 Å². The Labute approximate surface area is 96.0 Å². The fourth-order valence-corrected chi connectivity index (χ4v) is 1.97. The van der Waals surface area contributed by atoms with Crippen molar-refractivity contribution in [1.29, 1.82) is 5.26 Å². The fraction of sp³-hybridized carbons (Fsp3) is 0.133. The number of benzene rings is 2. The minimum absolute atomic E-state index is 0.745. The molecule has 0 heterocycles. The van der Waals surface area contributed by atoms with Crippen LogP contribution in [0.15, 0.2) is 42.5 Å². The van der Waals surface area contributed by atoms with Crippen molar-refractivity contribution in [1.82, 2.24) is 0 Å². The predicted octanol–water partition coefficient (Wildman–Crippen LogP) is 3.84. The molecule has 0 saturated heterocycles. The lowest BCUT2D eigenvalue weighted by molar-refractivity contribution is 1.38. The summed E-state index contributed by atoms with van der Waals surface area (Å²) in [6, 6.07) is 16.3. The van der Waals surface area contributed by atoms with Crippen molar-refractivity contribution < 1.29 is 0 Å². The summed E-state index contributed by atoms with van der Waals surface area (Å²) in [5.74, 6) is 0. The van der Waals surface area contributed by atoms with Crippen LogP contribution in [0.5, 0.6) is 0 Å². The molecule has 0 aliphatic rings. The minimum atomic E-state index is 0.745.